The molecule has 2 aromatic heterocycles. The third-order valence-electron chi connectivity index (χ3n) is 3.96. The average molecular weight is 390 g/mol. The predicted octanol–water partition coefficient (Wildman–Crippen LogP) is 3.92. The van der Waals surface area contributed by atoms with Gasteiger partial charge in [-0.25, -0.2) is 4.98 Å². The van der Waals surface area contributed by atoms with Crippen molar-refractivity contribution in [2.75, 3.05) is 19.0 Å². The van der Waals surface area contributed by atoms with Gasteiger partial charge in [0.15, 0.2) is 23.0 Å². The zero-order chi connectivity index (χ0) is 20.3. The van der Waals surface area contributed by atoms with Gasteiger partial charge >= 0.3 is 6.18 Å². The van der Waals surface area contributed by atoms with Crippen LogP contribution in [0.4, 0.5) is 19.0 Å². The van der Waals surface area contributed by atoms with Crippen molar-refractivity contribution in [3.05, 3.63) is 41.1 Å². The summed E-state index contributed by atoms with van der Waals surface area (Å²) in [4.78, 5) is 4.08. The molecule has 0 amide bonds. The third-order valence-corrected chi connectivity index (χ3v) is 3.96. The first kappa shape index (κ1) is 19.4. The Morgan fingerprint density at radius 2 is 2.04 bits per heavy atom. The Hall–Kier alpha value is -3.41. The van der Waals surface area contributed by atoms with E-state index >= 15 is 0 Å². The van der Waals surface area contributed by atoms with Gasteiger partial charge in [-0.15, -0.1) is 6.42 Å². The van der Waals surface area contributed by atoms with Crippen LogP contribution in [0.3, 0.4) is 0 Å². The molecule has 9 heteroatoms. The molecule has 2 heterocycles. The number of ether oxygens (including phenoxy) is 2. The number of hydrogen-bond acceptors (Lipinski definition) is 5. The second-order valence-electron chi connectivity index (χ2n) is 5.94. The molecule has 0 saturated carbocycles. The molecule has 0 aliphatic rings. The first-order chi connectivity index (χ1) is 13.3. The van der Waals surface area contributed by atoms with Crippen molar-refractivity contribution in [2.45, 2.75) is 19.6 Å². The van der Waals surface area contributed by atoms with Crippen LogP contribution < -0.4 is 14.8 Å². The number of terminal acetylenes is 1. The van der Waals surface area contributed by atoms with Gasteiger partial charge in [0, 0.05) is 12.2 Å². The molecule has 0 atom stereocenters. The molecular weight excluding hydrogens is 373 g/mol. The van der Waals surface area contributed by atoms with Gasteiger partial charge in [0.05, 0.1) is 18.1 Å². The average Bonchev–Trinajstić information content (AvgIpc) is 3.06. The van der Waals surface area contributed by atoms with Crippen LogP contribution in [0.25, 0.3) is 11.0 Å². The van der Waals surface area contributed by atoms with Crippen molar-refractivity contribution < 1.29 is 22.6 Å². The van der Waals surface area contributed by atoms with E-state index in [1.807, 2.05) is 0 Å². The SMILES string of the molecule is C#CCOc1ccc(CNc2n[nH]c3nc(C)cc(C(F)(F)F)c23)cc1OC. The number of halogens is 3. The normalized spacial score (nSPS) is 11.3. The molecule has 3 rings (SSSR count). The van der Waals surface area contributed by atoms with Gasteiger partial charge in [-0.05, 0) is 30.7 Å². The number of rotatable bonds is 6. The highest BCUT2D eigenvalue weighted by Gasteiger charge is 2.35. The van der Waals surface area contributed by atoms with Gasteiger partial charge in [0.2, 0.25) is 0 Å². The van der Waals surface area contributed by atoms with Gasteiger partial charge in [-0.1, -0.05) is 12.0 Å². The summed E-state index contributed by atoms with van der Waals surface area (Å²) in [6.45, 7) is 1.81. The number of benzene rings is 1. The fraction of sp³-hybridized carbons (Fsp3) is 0.263. The molecule has 28 heavy (non-hydrogen) atoms. The lowest BCUT2D eigenvalue weighted by molar-refractivity contribution is -0.136. The minimum Gasteiger partial charge on any atom is -0.493 e. The van der Waals surface area contributed by atoms with Gasteiger partial charge in [0.25, 0.3) is 0 Å². The van der Waals surface area contributed by atoms with Crippen molar-refractivity contribution in [3.63, 3.8) is 0 Å². The molecule has 0 radical (unpaired) electrons. The number of aromatic amines is 1. The topological polar surface area (TPSA) is 72.1 Å². The fourth-order valence-electron chi connectivity index (χ4n) is 2.76. The van der Waals surface area contributed by atoms with E-state index in [-0.39, 0.29) is 35.7 Å². The van der Waals surface area contributed by atoms with Crippen molar-refractivity contribution in [2.24, 2.45) is 0 Å². The highest BCUT2D eigenvalue weighted by atomic mass is 19.4. The number of alkyl halides is 3. The Kier molecular flexibility index (Phi) is 5.31. The summed E-state index contributed by atoms with van der Waals surface area (Å²) >= 11 is 0. The summed E-state index contributed by atoms with van der Waals surface area (Å²) in [6, 6.07) is 6.15. The molecular formula is C19H17F3N4O2. The molecule has 0 spiro atoms. The lowest BCUT2D eigenvalue weighted by atomic mass is 10.1. The Balaban J connectivity index is 1.87. The molecule has 0 bridgehead atoms. The number of aryl methyl sites for hydroxylation is 1. The summed E-state index contributed by atoms with van der Waals surface area (Å²) in [5.74, 6) is 3.38. The highest BCUT2D eigenvalue weighted by Crippen LogP contribution is 2.37. The molecule has 2 N–H and O–H groups in total. The maximum absolute atomic E-state index is 13.4. The zero-order valence-corrected chi connectivity index (χ0v) is 15.1. The standard InChI is InChI=1S/C19H17F3N4O2/c1-4-7-28-14-6-5-12(9-15(14)27-3)10-23-17-16-13(19(20,21)22)8-11(2)24-18(16)26-25-17/h1,5-6,8-9H,7,10H2,2-3H3,(H2,23,24,25,26). The third kappa shape index (κ3) is 3.96. The van der Waals surface area contributed by atoms with Gasteiger partial charge in [-0.3, -0.25) is 5.10 Å². The lowest BCUT2D eigenvalue weighted by Gasteiger charge is -2.12. The first-order valence-corrected chi connectivity index (χ1v) is 8.23. The zero-order valence-electron chi connectivity index (χ0n) is 15.1. The van der Waals surface area contributed by atoms with Crippen molar-refractivity contribution >= 4 is 16.9 Å². The van der Waals surface area contributed by atoms with E-state index in [4.69, 9.17) is 15.9 Å². The first-order valence-electron chi connectivity index (χ1n) is 8.23. The summed E-state index contributed by atoms with van der Waals surface area (Å²) in [5, 5.41) is 9.32. The maximum Gasteiger partial charge on any atom is 0.417 e. The smallest absolute Gasteiger partial charge is 0.417 e. The molecule has 0 aliphatic carbocycles. The number of anilines is 1. The molecule has 146 valence electrons. The molecule has 1 aromatic carbocycles. The van der Waals surface area contributed by atoms with Crippen LogP contribution in [0, 0.1) is 19.3 Å². The molecule has 0 aliphatic heterocycles. The monoisotopic (exact) mass is 390 g/mol. The van der Waals surface area contributed by atoms with Crippen LogP contribution in [-0.4, -0.2) is 28.9 Å². The van der Waals surface area contributed by atoms with E-state index in [0.29, 0.717) is 11.5 Å². The number of nitrogens with one attached hydrogen (secondary N) is 2. The molecule has 0 fully saturated rings. The fourth-order valence-corrected chi connectivity index (χ4v) is 2.76. The van der Waals surface area contributed by atoms with Crippen molar-refractivity contribution in [3.8, 4) is 23.8 Å². The van der Waals surface area contributed by atoms with Crippen LogP contribution in [0.5, 0.6) is 11.5 Å². The predicted molar refractivity (Wildman–Crippen MR) is 98.3 cm³/mol. The molecule has 0 unspecified atom stereocenters. The van der Waals surface area contributed by atoms with Crippen molar-refractivity contribution in [1.82, 2.24) is 15.2 Å². The van der Waals surface area contributed by atoms with E-state index in [1.54, 1.807) is 18.2 Å². The highest BCUT2D eigenvalue weighted by molar-refractivity contribution is 5.91. The Morgan fingerprint density at radius 3 is 2.71 bits per heavy atom. The van der Waals surface area contributed by atoms with Crippen LogP contribution >= 0.6 is 0 Å². The Morgan fingerprint density at radius 1 is 1.25 bits per heavy atom. The van der Waals surface area contributed by atoms with Crippen LogP contribution in [0.15, 0.2) is 24.3 Å². The summed E-state index contributed by atoms with van der Waals surface area (Å²) in [7, 11) is 1.49. The number of methoxy groups -OCH3 is 1. The maximum atomic E-state index is 13.4. The number of pyridine rings is 1. The number of H-pyrrole nitrogens is 1. The minimum absolute atomic E-state index is 0.0708. The Labute approximate surface area is 159 Å². The Bertz CT molecular complexity index is 1040. The summed E-state index contributed by atoms with van der Waals surface area (Å²) < 4.78 is 50.9. The largest absolute Gasteiger partial charge is 0.493 e. The second-order valence-corrected chi connectivity index (χ2v) is 5.94. The van der Waals surface area contributed by atoms with Gasteiger partial charge < -0.3 is 14.8 Å². The number of fused-ring (bicyclic) bond motifs is 1. The van der Waals surface area contributed by atoms with E-state index in [1.165, 1.54) is 14.0 Å². The number of hydrogen-bond donors (Lipinski definition) is 2. The van der Waals surface area contributed by atoms with E-state index in [2.05, 4.69) is 26.4 Å². The number of nitrogens with zero attached hydrogens (tertiary/aromatic N) is 2. The van der Waals surface area contributed by atoms with Gasteiger partial charge in [-0.2, -0.15) is 18.3 Å². The van der Waals surface area contributed by atoms with Crippen molar-refractivity contribution in [1.29, 1.82) is 0 Å². The van der Waals surface area contributed by atoms with Gasteiger partial charge in [0.1, 0.15) is 6.61 Å². The van der Waals surface area contributed by atoms with E-state index in [0.717, 1.165) is 11.6 Å². The minimum atomic E-state index is -4.52. The second kappa shape index (κ2) is 7.68. The molecule has 0 saturated heterocycles. The molecule has 3 aromatic rings. The lowest BCUT2D eigenvalue weighted by Crippen LogP contribution is -2.08. The summed E-state index contributed by atoms with van der Waals surface area (Å²) in [6.07, 6.45) is 0.654. The van der Waals surface area contributed by atoms with E-state index < -0.39 is 11.7 Å². The number of aromatic nitrogens is 3. The molecule has 6 nitrogen and oxygen atoms in total. The van der Waals surface area contributed by atoms with Crippen LogP contribution in [0.2, 0.25) is 0 Å². The van der Waals surface area contributed by atoms with Crippen LogP contribution in [0.1, 0.15) is 16.8 Å². The quantitative estimate of drug-likeness (QED) is 0.625. The van der Waals surface area contributed by atoms with E-state index in [9.17, 15) is 13.2 Å². The summed E-state index contributed by atoms with van der Waals surface area (Å²) in [5.41, 5.74) is 0.296. The van der Waals surface area contributed by atoms with Crippen LogP contribution in [-0.2, 0) is 12.7 Å².